The van der Waals surface area contributed by atoms with Crippen molar-refractivity contribution in [1.29, 1.82) is 0 Å². The normalized spacial score (nSPS) is 13.8. The molecule has 1 saturated carbocycles. The molecule has 0 aromatic heterocycles. The molecular weight excluding hydrogens is 204 g/mol. The molecule has 1 fully saturated rings. The van der Waals surface area contributed by atoms with Gasteiger partial charge in [0.15, 0.2) is 0 Å². The number of benzene rings is 1. The minimum absolute atomic E-state index is 0.983. The van der Waals surface area contributed by atoms with Crippen molar-refractivity contribution in [3.8, 4) is 0 Å². The van der Waals surface area contributed by atoms with E-state index in [9.17, 15) is 0 Å². The molecule has 90 valence electrons. The second-order valence-corrected chi connectivity index (χ2v) is 3.38. The highest BCUT2D eigenvalue weighted by Gasteiger charge is 2.05. The van der Waals surface area contributed by atoms with Crippen LogP contribution >= 0.6 is 0 Å². The largest absolute Gasteiger partial charge is 0.411 e. The Balaban J connectivity index is 0.000000251. The summed E-state index contributed by atoms with van der Waals surface area (Å²) in [5, 5.41) is 17.9. The Hall–Kier alpha value is -1.39. The van der Waals surface area contributed by atoms with Crippen LogP contribution in [0.3, 0.4) is 0 Å². The number of hydrogen-bond acceptors (Lipinski definition) is 4. The summed E-state index contributed by atoms with van der Waals surface area (Å²) in [6.45, 7) is 0. The molecule has 0 saturated heterocycles. The number of oxime groups is 1. The fourth-order valence-corrected chi connectivity index (χ4v) is 1.44. The van der Waals surface area contributed by atoms with Gasteiger partial charge < -0.3 is 10.4 Å². The van der Waals surface area contributed by atoms with E-state index in [0.717, 1.165) is 18.6 Å². The zero-order valence-electron chi connectivity index (χ0n) is 9.42. The molecule has 2 rings (SSSR count). The van der Waals surface area contributed by atoms with Gasteiger partial charge in [0.2, 0.25) is 0 Å². The molecule has 1 aromatic carbocycles. The monoisotopic (exact) mass is 224 g/mol. The quantitative estimate of drug-likeness (QED) is 0.468. The third kappa shape index (κ3) is 7.96. The summed E-state index contributed by atoms with van der Waals surface area (Å²) >= 11 is 0. The van der Waals surface area contributed by atoms with Crippen molar-refractivity contribution in [2.24, 2.45) is 11.1 Å². The van der Waals surface area contributed by atoms with E-state index in [1.165, 1.54) is 19.3 Å². The summed E-state index contributed by atoms with van der Waals surface area (Å²) in [7, 11) is 0. The van der Waals surface area contributed by atoms with Crippen LogP contribution in [0.15, 0.2) is 41.6 Å². The summed E-state index contributed by atoms with van der Waals surface area (Å²) < 4.78 is 0. The van der Waals surface area contributed by atoms with Gasteiger partial charge in [-0.15, -0.1) is 0 Å². The van der Waals surface area contributed by atoms with Gasteiger partial charge in [0.25, 0.3) is 0 Å². The second-order valence-electron chi connectivity index (χ2n) is 3.38. The average Bonchev–Trinajstić information content (AvgIpc) is 2.44. The van der Waals surface area contributed by atoms with Gasteiger partial charge in [-0.1, -0.05) is 48.0 Å². The van der Waals surface area contributed by atoms with E-state index >= 15 is 0 Å². The van der Waals surface area contributed by atoms with Crippen molar-refractivity contribution in [3.63, 3.8) is 0 Å². The van der Waals surface area contributed by atoms with E-state index in [1.807, 2.05) is 36.4 Å². The Labute approximate surface area is 96.4 Å². The molecule has 1 aliphatic carbocycles. The number of rotatable bonds is 0. The predicted octanol–water partition coefficient (Wildman–Crippen LogP) is 2.80. The maximum atomic E-state index is 8.28. The van der Waals surface area contributed by atoms with Crippen LogP contribution < -0.4 is 5.90 Å². The van der Waals surface area contributed by atoms with Crippen molar-refractivity contribution in [1.82, 2.24) is 0 Å². The molecule has 0 radical (unpaired) electrons. The van der Waals surface area contributed by atoms with Crippen LogP contribution in [0.4, 0.5) is 0 Å². The molecule has 0 unspecified atom stereocenters. The molecule has 0 spiro atoms. The van der Waals surface area contributed by atoms with Gasteiger partial charge in [-0.25, -0.2) is 5.90 Å². The van der Waals surface area contributed by atoms with E-state index in [0.29, 0.717) is 0 Å². The predicted molar refractivity (Wildman–Crippen MR) is 64.7 cm³/mol. The van der Waals surface area contributed by atoms with Gasteiger partial charge in [0.1, 0.15) is 0 Å². The highest BCUT2D eigenvalue weighted by atomic mass is 16.4. The van der Waals surface area contributed by atoms with Crippen LogP contribution in [0.1, 0.15) is 32.1 Å². The smallest absolute Gasteiger partial charge is 0.0570 e. The topological polar surface area (TPSA) is 78.8 Å². The van der Waals surface area contributed by atoms with E-state index < -0.39 is 0 Å². The van der Waals surface area contributed by atoms with Crippen molar-refractivity contribution >= 4 is 5.71 Å². The first-order valence-electron chi connectivity index (χ1n) is 5.39. The van der Waals surface area contributed by atoms with Gasteiger partial charge in [0.05, 0.1) is 5.71 Å². The Morgan fingerprint density at radius 1 is 0.812 bits per heavy atom. The number of nitrogens with two attached hydrogens (primary N) is 1. The van der Waals surface area contributed by atoms with Gasteiger partial charge in [0, 0.05) is 0 Å². The molecule has 0 atom stereocenters. The van der Waals surface area contributed by atoms with Gasteiger partial charge in [-0.2, -0.15) is 0 Å². The Kier molecular flexibility index (Phi) is 10.7. The second kappa shape index (κ2) is 11.7. The van der Waals surface area contributed by atoms with Crippen LogP contribution in [0.5, 0.6) is 0 Å². The lowest BCUT2D eigenvalue weighted by Gasteiger charge is -2.08. The maximum absolute atomic E-state index is 8.28. The lowest BCUT2D eigenvalue weighted by atomic mass is 9.99. The fourth-order valence-electron chi connectivity index (χ4n) is 1.44. The van der Waals surface area contributed by atoms with Crippen molar-refractivity contribution in [2.45, 2.75) is 32.1 Å². The average molecular weight is 224 g/mol. The van der Waals surface area contributed by atoms with Crippen LogP contribution in [0, 0.1) is 0 Å². The van der Waals surface area contributed by atoms with Gasteiger partial charge in [-0.3, -0.25) is 0 Å². The summed E-state index contributed by atoms with van der Waals surface area (Å²) in [6, 6.07) is 12.0. The van der Waals surface area contributed by atoms with Crippen molar-refractivity contribution in [2.75, 3.05) is 0 Å². The number of nitrogens with zero attached hydrogens (tertiary/aromatic N) is 1. The first-order chi connectivity index (χ1) is 7.93. The van der Waals surface area contributed by atoms with Gasteiger partial charge in [-0.05, 0) is 25.7 Å². The zero-order chi connectivity index (χ0) is 12.1. The van der Waals surface area contributed by atoms with Crippen LogP contribution in [0.25, 0.3) is 0 Å². The third-order valence-electron chi connectivity index (χ3n) is 2.24. The summed E-state index contributed by atoms with van der Waals surface area (Å²) in [6.07, 6.45) is 5.74. The maximum Gasteiger partial charge on any atom is 0.0570 e. The van der Waals surface area contributed by atoms with Crippen LogP contribution in [-0.4, -0.2) is 16.1 Å². The molecule has 1 aromatic rings. The molecule has 1 aliphatic rings. The molecule has 4 heteroatoms. The molecule has 0 bridgehead atoms. The molecule has 0 aliphatic heterocycles. The molecule has 16 heavy (non-hydrogen) atoms. The summed E-state index contributed by atoms with van der Waals surface area (Å²) in [4.78, 5) is 0. The Bertz CT molecular complexity index is 228. The Morgan fingerprint density at radius 2 is 1.19 bits per heavy atom. The van der Waals surface area contributed by atoms with Crippen molar-refractivity contribution < 1.29 is 10.4 Å². The third-order valence-corrected chi connectivity index (χ3v) is 2.24. The lowest BCUT2D eigenvalue weighted by molar-refractivity contribution is 0.311. The van der Waals surface area contributed by atoms with Crippen LogP contribution in [0.2, 0.25) is 0 Å². The molecular formula is C12H20N2O2. The summed E-state index contributed by atoms with van der Waals surface area (Å²) in [5.74, 6) is 3.50. The molecule has 4 nitrogen and oxygen atoms in total. The molecule has 0 heterocycles. The number of hydrogen-bond donors (Lipinski definition) is 3. The van der Waals surface area contributed by atoms with E-state index in [4.69, 9.17) is 10.4 Å². The van der Waals surface area contributed by atoms with Crippen molar-refractivity contribution in [3.05, 3.63) is 36.4 Å². The minimum atomic E-state index is 0.983. The molecule has 0 amide bonds. The van der Waals surface area contributed by atoms with E-state index in [1.54, 1.807) is 0 Å². The zero-order valence-corrected chi connectivity index (χ0v) is 9.42. The van der Waals surface area contributed by atoms with E-state index in [2.05, 4.69) is 11.1 Å². The Morgan fingerprint density at radius 3 is 1.44 bits per heavy atom. The fraction of sp³-hybridized carbons (Fsp3) is 0.417. The van der Waals surface area contributed by atoms with Crippen LogP contribution in [-0.2, 0) is 0 Å². The minimum Gasteiger partial charge on any atom is -0.411 e. The molecule has 4 N–H and O–H groups in total. The highest BCUT2D eigenvalue weighted by molar-refractivity contribution is 5.84. The SMILES string of the molecule is NO.ON=C1CCCCC1.c1ccccc1. The first kappa shape index (κ1) is 14.6. The standard InChI is InChI=1S/C6H11NO.C6H6.H3NO/c8-7-6-4-2-1-3-5-6;1-2-4-6-5-3-1;1-2/h8H,1-5H2;1-6H;2H,1H2. The first-order valence-corrected chi connectivity index (χ1v) is 5.39. The van der Waals surface area contributed by atoms with E-state index in [-0.39, 0.29) is 0 Å². The summed E-state index contributed by atoms with van der Waals surface area (Å²) in [5.41, 5.74) is 0.983. The lowest BCUT2D eigenvalue weighted by Crippen LogP contribution is -2.03. The highest BCUT2D eigenvalue weighted by Crippen LogP contribution is 2.13. The van der Waals surface area contributed by atoms with Gasteiger partial charge >= 0.3 is 0 Å².